The molecule has 100 valence electrons. The number of hydrogen-bond donors (Lipinski definition) is 2. The van der Waals surface area contributed by atoms with Crippen LogP contribution in [0.25, 0.3) is 0 Å². The summed E-state index contributed by atoms with van der Waals surface area (Å²) in [4.78, 5) is 8.90. The Balaban J connectivity index is 2.44. The second kappa shape index (κ2) is 7.26. The Morgan fingerprint density at radius 2 is 2.11 bits per heavy atom. The molecule has 0 radical (unpaired) electrons. The number of anilines is 1. The molecule has 4 nitrogen and oxygen atoms in total. The van der Waals surface area contributed by atoms with Gasteiger partial charge in [0.2, 0.25) is 5.95 Å². The summed E-state index contributed by atoms with van der Waals surface area (Å²) in [6, 6.07) is 1.80. The van der Waals surface area contributed by atoms with E-state index in [0.29, 0.717) is 16.6 Å². The molecule has 0 aromatic carbocycles. The predicted octanol–water partition coefficient (Wildman–Crippen LogP) is 2.66. The number of nitrogens with two attached hydrogens (primary N) is 1. The Hall–Kier alpha value is -1.23. The van der Waals surface area contributed by atoms with Crippen LogP contribution in [0.4, 0.5) is 5.95 Å². The van der Waals surface area contributed by atoms with E-state index in [1.807, 2.05) is 6.92 Å². The zero-order valence-electron chi connectivity index (χ0n) is 11.4. The van der Waals surface area contributed by atoms with Crippen LogP contribution < -0.4 is 11.1 Å². The van der Waals surface area contributed by atoms with Gasteiger partial charge in [-0.3, -0.25) is 0 Å². The van der Waals surface area contributed by atoms with Gasteiger partial charge in [0.15, 0.2) is 0 Å². The number of rotatable bonds is 7. The molecule has 0 amide bonds. The molecule has 0 fully saturated rings. The number of aromatic nitrogens is 2. The van der Waals surface area contributed by atoms with Gasteiger partial charge in [-0.25, -0.2) is 9.97 Å². The zero-order chi connectivity index (χ0) is 13.5. The molecule has 0 aliphatic carbocycles. The lowest BCUT2D eigenvalue weighted by Crippen LogP contribution is -2.15. The van der Waals surface area contributed by atoms with E-state index >= 15 is 0 Å². The summed E-state index contributed by atoms with van der Waals surface area (Å²) in [6.07, 6.45) is 3.60. The van der Waals surface area contributed by atoms with E-state index in [0.717, 1.165) is 24.6 Å². The van der Waals surface area contributed by atoms with E-state index in [2.05, 4.69) is 29.1 Å². The van der Waals surface area contributed by atoms with Crippen molar-refractivity contribution in [2.24, 2.45) is 11.7 Å². The summed E-state index contributed by atoms with van der Waals surface area (Å²) in [6.45, 7) is 7.28. The zero-order valence-corrected chi connectivity index (χ0v) is 12.2. The number of unbranched alkanes of at least 4 members (excludes halogenated alkanes) is 1. The highest BCUT2D eigenvalue weighted by Gasteiger charge is 2.04. The Bertz CT molecular complexity index is 404. The molecule has 3 N–H and O–H groups in total. The lowest BCUT2D eigenvalue weighted by molar-refractivity contribution is 0.544. The van der Waals surface area contributed by atoms with Crippen molar-refractivity contribution in [2.45, 2.75) is 40.0 Å². The second-order valence-electron chi connectivity index (χ2n) is 4.90. The molecule has 5 heteroatoms. The van der Waals surface area contributed by atoms with Crippen LogP contribution in [0.15, 0.2) is 6.07 Å². The van der Waals surface area contributed by atoms with Crippen LogP contribution >= 0.6 is 12.2 Å². The Kier molecular flexibility index (Phi) is 5.98. The second-order valence-corrected chi connectivity index (χ2v) is 5.34. The van der Waals surface area contributed by atoms with Gasteiger partial charge in [-0.05, 0) is 25.3 Å². The van der Waals surface area contributed by atoms with Crippen LogP contribution in [0, 0.1) is 12.8 Å². The van der Waals surface area contributed by atoms with Gasteiger partial charge in [-0.15, -0.1) is 0 Å². The molecule has 0 unspecified atom stereocenters. The first-order valence-corrected chi connectivity index (χ1v) is 6.79. The molecule has 0 saturated heterocycles. The van der Waals surface area contributed by atoms with E-state index in [-0.39, 0.29) is 0 Å². The molecule has 1 aromatic heterocycles. The molecule has 1 heterocycles. The number of nitrogens with zero attached hydrogens (tertiary/aromatic N) is 2. The highest BCUT2D eigenvalue weighted by atomic mass is 32.1. The van der Waals surface area contributed by atoms with Gasteiger partial charge < -0.3 is 11.1 Å². The van der Waals surface area contributed by atoms with Crippen LogP contribution in [0.1, 0.15) is 44.5 Å². The first kappa shape index (κ1) is 14.8. The molecule has 1 rings (SSSR count). The minimum absolute atomic E-state index is 0.309. The first-order valence-electron chi connectivity index (χ1n) is 6.38. The molecular weight excluding hydrogens is 244 g/mol. The maximum atomic E-state index is 5.57. The van der Waals surface area contributed by atoms with Crippen molar-refractivity contribution in [1.82, 2.24) is 9.97 Å². The fourth-order valence-corrected chi connectivity index (χ4v) is 1.76. The number of aryl methyl sites for hydroxylation is 1. The highest BCUT2D eigenvalue weighted by molar-refractivity contribution is 7.80. The lowest BCUT2D eigenvalue weighted by Gasteiger charge is -2.08. The van der Waals surface area contributed by atoms with Crippen molar-refractivity contribution in [3.05, 3.63) is 17.5 Å². The molecule has 0 aliphatic rings. The van der Waals surface area contributed by atoms with Crippen molar-refractivity contribution in [3.8, 4) is 0 Å². The smallest absolute Gasteiger partial charge is 0.223 e. The number of hydrogen-bond acceptors (Lipinski definition) is 4. The molecule has 0 spiro atoms. The minimum atomic E-state index is 0.309. The Morgan fingerprint density at radius 3 is 2.72 bits per heavy atom. The number of thiocarbonyl (C=S) groups is 1. The van der Waals surface area contributed by atoms with Crippen LogP contribution in [0.3, 0.4) is 0 Å². The van der Waals surface area contributed by atoms with Crippen LogP contribution in [0.5, 0.6) is 0 Å². The highest BCUT2D eigenvalue weighted by Crippen LogP contribution is 2.08. The van der Waals surface area contributed by atoms with Crippen molar-refractivity contribution in [1.29, 1.82) is 0 Å². The number of nitrogens with one attached hydrogen (secondary N) is 1. The SMILES string of the molecule is Cc1cc(C(N)=S)nc(NCCCCC(C)C)n1. The van der Waals surface area contributed by atoms with Crippen molar-refractivity contribution < 1.29 is 0 Å². The monoisotopic (exact) mass is 266 g/mol. The fourth-order valence-electron chi connectivity index (χ4n) is 1.65. The summed E-state index contributed by atoms with van der Waals surface area (Å²) >= 11 is 4.92. The van der Waals surface area contributed by atoms with Gasteiger partial charge in [-0.2, -0.15) is 0 Å². The maximum absolute atomic E-state index is 5.57. The van der Waals surface area contributed by atoms with Gasteiger partial charge in [-0.1, -0.05) is 38.9 Å². The Labute approximate surface area is 114 Å². The summed E-state index contributed by atoms with van der Waals surface area (Å²) in [5.41, 5.74) is 7.07. The van der Waals surface area contributed by atoms with Crippen LogP contribution in [0.2, 0.25) is 0 Å². The molecule has 0 atom stereocenters. The summed E-state index contributed by atoms with van der Waals surface area (Å²) < 4.78 is 0. The van der Waals surface area contributed by atoms with Crippen molar-refractivity contribution >= 4 is 23.2 Å². The molecular formula is C13H22N4S. The molecule has 0 bridgehead atoms. The predicted molar refractivity (Wildman–Crippen MR) is 79.8 cm³/mol. The van der Waals surface area contributed by atoms with Gasteiger partial charge in [0.05, 0.1) is 0 Å². The quantitative estimate of drug-likeness (QED) is 0.587. The topological polar surface area (TPSA) is 63.8 Å². The third-order valence-corrected chi connectivity index (χ3v) is 2.81. The minimum Gasteiger partial charge on any atom is -0.388 e. The molecule has 18 heavy (non-hydrogen) atoms. The van der Waals surface area contributed by atoms with Crippen molar-refractivity contribution in [2.75, 3.05) is 11.9 Å². The molecule has 1 aromatic rings. The van der Waals surface area contributed by atoms with E-state index in [1.165, 1.54) is 12.8 Å². The van der Waals surface area contributed by atoms with Crippen LogP contribution in [-0.2, 0) is 0 Å². The molecule has 0 saturated carbocycles. The summed E-state index contributed by atoms with van der Waals surface area (Å²) in [5.74, 6) is 1.38. The summed E-state index contributed by atoms with van der Waals surface area (Å²) in [5, 5.41) is 3.22. The van der Waals surface area contributed by atoms with Gasteiger partial charge in [0.1, 0.15) is 10.7 Å². The normalized spacial score (nSPS) is 10.7. The standard InChI is InChI=1S/C13H22N4S/c1-9(2)6-4-5-7-15-13-16-10(3)8-11(17-13)12(14)18/h8-9H,4-7H2,1-3H3,(H2,14,18)(H,15,16,17). The van der Waals surface area contributed by atoms with Gasteiger partial charge in [0.25, 0.3) is 0 Å². The maximum Gasteiger partial charge on any atom is 0.223 e. The van der Waals surface area contributed by atoms with E-state index in [9.17, 15) is 0 Å². The van der Waals surface area contributed by atoms with E-state index < -0.39 is 0 Å². The first-order chi connectivity index (χ1) is 8.49. The Morgan fingerprint density at radius 1 is 1.39 bits per heavy atom. The average molecular weight is 266 g/mol. The fraction of sp³-hybridized carbons (Fsp3) is 0.615. The van der Waals surface area contributed by atoms with E-state index in [1.54, 1.807) is 6.07 Å². The van der Waals surface area contributed by atoms with Gasteiger partial charge in [0, 0.05) is 12.2 Å². The van der Waals surface area contributed by atoms with Crippen molar-refractivity contribution in [3.63, 3.8) is 0 Å². The summed E-state index contributed by atoms with van der Waals surface area (Å²) in [7, 11) is 0. The van der Waals surface area contributed by atoms with E-state index in [4.69, 9.17) is 18.0 Å². The third kappa shape index (κ3) is 5.40. The van der Waals surface area contributed by atoms with Crippen LogP contribution in [-0.4, -0.2) is 21.5 Å². The molecule has 0 aliphatic heterocycles. The largest absolute Gasteiger partial charge is 0.388 e. The van der Waals surface area contributed by atoms with Gasteiger partial charge >= 0.3 is 0 Å². The third-order valence-electron chi connectivity index (χ3n) is 2.60. The average Bonchev–Trinajstić information content (AvgIpc) is 2.27. The lowest BCUT2D eigenvalue weighted by atomic mass is 10.1.